The normalized spacial score (nSPS) is 13.8. The number of halogens is 2. The molecule has 0 radical (unpaired) electrons. The zero-order valence-electron chi connectivity index (χ0n) is 20.6. The van der Waals surface area contributed by atoms with E-state index in [4.69, 9.17) is 21.1 Å². The van der Waals surface area contributed by atoms with Gasteiger partial charge in [0.15, 0.2) is 0 Å². The van der Waals surface area contributed by atoms with Crippen molar-refractivity contribution in [1.29, 1.82) is 5.26 Å². The van der Waals surface area contributed by atoms with Gasteiger partial charge < -0.3 is 25.0 Å². The number of methoxy groups -OCH3 is 2. The van der Waals surface area contributed by atoms with Crippen molar-refractivity contribution in [3.63, 3.8) is 0 Å². The van der Waals surface area contributed by atoms with E-state index in [9.17, 15) is 14.4 Å². The van der Waals surface area contributed by atoms with Gasteiger partial charge in [0.25, 0.3) is 0 Å². The van der Waals surface area contributed by atoms with Gasteiger partial charge in [-0.3, -0.25) is 9.78 Å². The lowest BCUT2D eigenvalue weighted by molar-refractivity contribution is -0.112. The van der Waals surface area contributed by atoms with E-state index in [1.165, 1.54) is 31.5 Å². The highest BCUT2D eigenvalue weighted by Gasteiger charge is 2.17. The number of ether oxygens (including phenoxy) is 2. The number of anilines is 3. The number of hydrogen-bond donors (Lipinski definition) is 2. The van der Waals surface area contributed by atoms with Crippen molar-refractivity contribution >= 4 is 45.5 Å². The molecule has 1 aliphatic rings. The van der Waals surface area contributed by atoms with E-state index in [-0.39, 0.29) is 16.5 Å². The van der Waals surface area contributed by atoms with E-state index >= 15 is 0 Å². The molecule has 0 aliphatic carbocycles. The molecule has 8 nitrogen and oxygen atoms in total. The molecular weight excluding hydrogens is 497 g/mol. The van der Waals surface area contributed by atoms with Gasteiger partial charge >= 0.3 is 0 Å². The van der Waals surface area contributed by atoms with Crippen molar-refractivity contribution in [2.24, 2.45) is 0 Å². The number of carbonyl (C=O) groups excluding carboxylic acids is 1. The highest BCUT2D eigenvalue weighted by Crippen LogP contribution is 2.36. The fraction of sp³-hybridized carbons (Fsp3) is 0.296. The number of carbonyl (C=O) groups is 1. The molecule has 3 aromatic rings. The summed E-state index contributed by atoms with van der Waals surface area (Å²) in [7, 11) is 3.20. The number of nitrogens with zero attached hydrogens (tertiary/aromatic N) is 3. The van der Waals surface area contributed by atoms with Gasteiger partial charge in [0.2, 0.25) is 5.91 Å². The van der Waals surface area contributed by atoms with Crippen LogP contribution < -0.4 is 15.4 Å². The molecule has 2 N–H and O–H groups in total. The maximum absolute atomic E-state index is 13.6. The number of nitriles is 1. The van der Waals surface area contributed by atoms with Crippen LogP contribution in [0.5, 0.6) is 5.75 Å². The Hall–Kier alpha value is -3.71. The molecule has 0 atom stereocenters. The lowest BCUT2D eigenvalue weighted by Gasteiger charge is -2.27. The molecule has 2 heterocycles. The average Bonchev–Trinajstić information content (AvgIpc) is 2.90. The maximum atomic E-state index is 13.6. The third-order valence-corrected chi connectivity index (χ3v) is 6.49. The van der Waals surface area contributed by atoms with Crippen LogP contribution in [-0.4, -0.2) is 56.3 Å². The van der Waals surface area contributed by atoms with Crippen molar-refractivity contribution in [3.05, 3.63) is 64.6 Å². The number of hydrogen-bond acceptors (Lipinski definition) is 7. The van der Waals surface area contributed by atoms with E-state index in [0.717, 1.165) is 38.0 Å². The van der Waals surface area contributed by atoms with Crippen LogP contribution in [0.2, 0.25) is 5.02 Å². The van der Waals surface area contributed by atoms with Crippen molar-refractivity contribution in [3.8, 4) is 11.8 Å². The summed E-state index contributed by atoms with van der Waals surface area (Å²) in [5, 5.41) is 16.3. The van der Waals surface area contributed by atoms with Crippen LogP contribution in [0, 0.1) is 17.1 Å². The lowest BCUT2D eigenvalue weighted by Crippen LogP contribution is -2.33. The smallest absolute Gasteiger partial charge is 0.248 e. The second-order valence-electron chi connectivity index (χ2n) is 8.61. The SMILES string of the molecule is COCCN1CCC(=CC(=O)Nc2cc3c(Nc4ccc(F)c(Cl)c4)c(C#N)cnc3cc2OC)CC1. The zero-order chi connectivity index (χ0) is 26.4. The van der Waals surface area contributed by atoms with Crippen molar-refractivity contribution < 1.29 is 18.7 Å². The zero-order valence-corrected chi connectivity index (χ0v) is 21.4. The van der Waals surface area contributed by atoms with Crippen LogP contribution in [0.3, 0.4) is 0 Å². The van der Waals surface area contributed by atoms with Gasteiger partial charge in [0.05, 0.1) is 41.2 Å². The Morgan fingerprint density at radius 2 is 2.05 bits per heavy atom. The molecule has 1 aromatic heterocycles. The summed E-state index contributed by atoms with van der Waals surface area (Å²) in [6.45, 7) is 3.33. The third kappa shape index (κ3) is 6.35. The van der Waals surface area contributed by atoms with E-state index in [0.29, 0.717) is 40.3 Å². The molecule has 0 bridgehead atoms. The van der Waals surface area contributed by atoms with Crippen molar-refractivity contribution in [1.82, 2.24) is 9.88 Å². The molecular formula is C27H27ClFN5O3. The molecule has 2 aromatic carbocycles. The molecule has 37 heavy (non-hydrogen) atoms. The Kier molecular flexibility index (Phi) is 8.56. The highest BCUT2D eigenvalue weighted by molar-refractivity contribution is 6.31. The van der Waals surface area contributed by atoms with Crippen LogP contribution in [0.1, 0.15) is 18.4 Å². The highest BCUT2D eigenvalue weighted by atomic mass is 35.5. The fourth-order valence-electron chi connectivity index (χ4n) is 4.21. The van der Waals surface area contributed by atoms with E-state index < -0.39 is 5.82 Å². The van der Waals surface area contributed by atoms with E-state index in [2.05, 4.69) is 26.6 Å². The summed E-state index contributed by atoms with van der Waals surface area (Å²) in [5.41, 5.74) is 3.29. The van der Waals surface area contributed by atoms with Crippen molar-refractivity contribution in [2.75, 3.05) is 51.1 Å². The summed E-state index contributed by atoms with van der Waals surface area (Å²) in [4.78, 5) is 19.6. The monoisotopic (exact) mass is 523 g/mol. The quantitative estimate of drug-likeness (QED) is 0.388. The lowest BCUT2D eigenvalue weighted by atomic mass is 10.0. The summed E-state index contributed by atoms with van der Waals surface area (Å²) in [6.07, 6.45) is 4.71. The van der Waals surface area contributed by atoms with Crippen LogP contribution in [-0.2, 0) is 9.53 Å². The Morgan fingerprint density at radius 1 is 1.27 bits per heavy atom. The van der Waals surface area contributed by atoms with Crippen LogP contribution >= 0.6 is 11.6 Å². The number of pyridine rings is 1. The summed E-state index contributed by atoms with van der Waals surface area (Å²) >= 11 is 5.93. The first-order chi connectivity index (χ1) is 17.9. The number of likely N-dealkylation sites (tertiary alicyclic amines) is 1. The molecule has 1 amide bonds. The molecule has 4 rings (SSSR count). The molecule has 0 spiro atoms. The molecule has 1 aliphatic heterocycles. The van der Waals surface area contributed by atoms with Crippen LogP contribution in [0.15, 0.2) is 48.2 Å². The Labute approximate surface area is 219 Å². The van der Waals surface area contributed by atoms with Gasteiger partial charge in [-0.15, -0.1) is 0 Å². The minimum absolute atomic E-state index is 0.0472. The van der Waals surface area contributed by atoms with Gasteiger partial charge in [0.1, 0.15) is 17.6 Å². The van der Waals surface area contributed by atoms with Gasteiger partial charge in [-0.1, -0.05) is 17.2 Å². The van der Waals surface area contributed by atoms with Crippen molar-refractivity contribution in [2.45, 2.75) is 12.8 Å². The molecule has 10 heteroatoms. The Balaban J connectivity index is 1.61. The number of rotatable bonds is 8. The molecule has 1 saturated heterocycles. The van der Waals surface area contributed by atoms with Gasteiger partial charge in [-0.05, 0) is 37.1 Å². The second-order valence-corrected chi connectivity index (χ2v) is 9.02. The predicted molar refractivity (Wildman–Crippen MR) is 142 cm³/mol. The average molecular weight is 524 g/mol. The van der Waals surface area contributed by atoms with Gasteiger partial charge in [-0.2, -0.15) is 5.26 Å². The first kappa shape index (κ1) is 26.4. The van der Waals surface area contributed by atoms with Gasteiger partial charge in [-0.25, -0.2) is 4.39 Å². The molecule has 192 valence electrons. The molecule has 1 fully saturated rings. The number of piperidine rings is 1. The van der Waals surface area contributed by atoms with Crippen LogP contribution in [0.25, 0.3) is 10.9 Å². The number of benzene rings is 2. The topological polar surface area (TPSA) is 99.5 Å². The largest absolute Gasteiger partial charge is 0.494 e. The number of nitrogens with one attached hydrogen (secondary N) is 2. The molecule has 0 unspecified atom stereocenters. The first-order valence-corrected chi connectivity index (χ1v) is 12.1. The number of amides is 1. The third-order valence-electron chi connectivity index (χ3n) is 6.20. The number of fused-ring (bicyclic) bond motifs is 1. The Morgan fingerprint density at radius 3 is 2.73 bits per heavy atom. The summed E-state index contributed by atoms with van der Waals surface area (Å²) < 4.78 is 24.3. The predicted octanol–water partition coefficient (Wildman–Crippen LogP) is 5.26. The van der Waals surface area contributed by atoms with Gasteiger partial charge in [0, 0.05) is 56.2 Å². The summed E-state index contributed by atoms with van der Waals surface area (Å²) in [5.74, 6) is -0.374. The maximum Gasteiger partial charge on any atom is 0.248 e. The van der Waals surface area contributed by atoms with E-state index in [1.807, 2.05) is 0 Å². The second kappa shape index (κ2) is 12.0. The molecule has 0 saturated carbocycles. The minimum atomic E-state index is -0.545. The van der Waals surface area contributed by atoms with E-state index in [1.54, 1.807) is 25.3 Å². The van der Waals surface area contributed by atoms with Crippen LogP contribution in [0.4, 0.5) is 21.5 Å². The fourth-order valence-corrected chi connectivity index (χ4v) is 4.39. The standard InChI is InChI=1S/C27H27ClFN5O3/c1-36-10-9-34-7-5-17(6-8-34)11-26(35)33-24-13-20-23(14-25(24)37-2)31-16-18(15-30)27(20)32-19-3-4-22(29)21(28)12-19/h3-4,11-14,16H,5-10H2,1-2H3,(H,31,32)(H,33,35). The Bertz CT molecular complexity index is 1380. The number of aromatic nitrogens is 1. The first-order valence-electron chi connectivity index (χ1n) is 11.8. The minimum Gasteiger partial charge on any atom is -0.494 e. The summed E-state index contributed by atoms with van der Waals surface area (Å²) in [6, 6.07) is 9.72.